The maximum absolute atomic E-state index is 11.8. The van der Waals surface area contributed by atoms with Gasteiger partial charge in [-0.2, -0.15) is 0 Å². The topological polar surface area (TPSA) is 33.2 Å². The fourth-order valence-corrected chi connectivity index (χ4v) is 2.04. The summed E-state index contributed by atoms with van der Waals surface area (Å²) in [6, 6.07) is 5.95. The number of nitrogens with zero attached hydrogens (tertiary/aromatic N) is 2. The first-order valence-corrected chi connectivity index (χ1v) is 6.26. The molecule has 17 heavy (non-hydrogen) atoms. The summed E-state index contributed by atoms with van der Waals surface area (Å²) >= 11 is 0. The van der Waals surface area contributed by atoms with Gasteiger partial charge >= 0.3 is 0 Å². The molecule has 1 aromatic heterocycles. The van der Waals surface area contributed by atoms with Crippen LogP contribution in [0.25, 0.3) is 0 Å². The highest BCUT2D eigenvalue weighted by Crippen LogP contribution is 2.24. The third-order valence-electron chi connectivity index (χ3n) is 3.10. The van der Waals surface area contributed by atoms with Gasteiger partial charge in [0.05, 0.1) is 0 Å². The van der Waals surface area contributed by atoms with Crippen molar-refractivity contribution in [3.63, 3.8) is 0 Å². The number of aromatic nitrogens is 1. The van der Waals surface area contributed by atoms with Crippen LogP contribution in [-0.4, -0.2) is 17.4 Å². The molecule has 0 bridgehead atoms. The van der Waals surface area contributed by atoms with E-state index in [1.807, 2.05) is 23.1 Å². The third kappa shape index (κ3) is 2.65. The van der Waals surface area contributed by atoms with Crippen molar-refractivity contribution in [2.75, 3.05) is 11.4 Å². The smallest absolute Gasteiger partial charge is 0.228 e. The molecule has 1 fully saturated rings. The number of carbonyl (C=O) groups is 1. The number of hydrogen-bond acceptors (Lipinski definition) is 2. The lowest BCUT2D eigenvalue weighted by atomic mass is 9.92. The summed E-state index contributed by atoms with van der Waals surface area (Å²) in [5, 5.41) is 0. The first kappa shape index (κ1) is 12.1. The molecule has 0 atom stereocenters. The Labute approximate surface area is 103 Å². The van der Waals surface area contributed by atoms with E-state index in [9.17, 15) is 4.79 Å². The van der Waals surface area contributed by atoms with Gasteiger partial charge in [-0.05, 0) is 25.0 Å². The number of anilines is 1. The standard InChI is InChI=1S/C14H20N2O/c1-14(2,3)11-7-6-8-12(15-11)16-10-5-4-9-13(16)17/h6-8H,4-5,9-10H2,1-3H3. The molecule has 1 saturated heterocycles. The maximum atomic E-state index is 11.8. The van der Waals surface area contributed by atoms with Crippen molar-refractivity contribution in [3.8, 4) is 0 Å². The summed E-state index contributed by atoms with van der Waals surface area (Å²) < 4.78 is 0. The predicted molar refractivity (Wildman–Crippen MR) is 69.1 cm³/mol. The van der Waals surface area contributed by atoms with Crippen molar-refractivity contribution in [2.45, 2.75) is 45.4 Å². The molecule has 1 amide bonds. The summed E-state index contributed by atoms with van der Waals surface area (Å²) in [7, 11) is 0. The van der Waals surface area contributed by atoms with Crippen LogP contribution in [0.1, 0.15) is 45.7 Å². The number of pyridine rings is 1. The van der Waals surface area contributed by atoms with E-state index in [4.69, 9.17) is 0 Å². The van der Waals surface area contributed by atoms with Crippen LogP contribution >= 0.6 is 0 Å². The molecule has 0 aliphatic carbocycles. The molecule has 0 spiro atoms. The first-order chi connectivity index (χ1) is 7.98. The normalized spacial score (nSPS) is 17.4. The van der Waals surface area contributed by atoms with Crippen LogP contribution in [0, 0.1) is 0 Å². The van der Waals surface area contributed by atoms with Gasteiger partial charge in [-0.25, -0.2) is 4.98 Å². The Morgan fingerprint density at radius 3 is 2.65 bits per heavy atom. The van der Waals surface area contributed by atoms with E-state index in [0.717, 1.165) is 30.9 Å². The van der Waals surface area contributed by atoms with Gasteiger partial charge in [0.25, 0.3) is 0 Å². The zero-order valence-corrected chi connectivity index (χ0v) is 10.9. The molecule has 3 heteroatoms. The summed E-state index contributed by atoms with van der Waals surface area (Å²) in [6.45, 7) is 7.21. The SMILES string of the molecule is CC(C)(C)c1cccc(N2CCCCC2=O)n1. The van der Waals surface area contributed by atoms with Gasteiger partial charge in [0.1, 0.15) is 5.82 Å². The van der Waals surface area contributed by atoms with E-state index in [0.29, 0.717) is 6.42 Å². The highest BCUT2D eigenvalue weighted by molar-refractivity contribution is 5.93. The maximum Gasteiger partial charge on any atom is 0.228 e. The van der Waals surface area contributed by atoms with Crippen molar-refractivity contribution in [1.29, 1.82) is 0 Å². The van der Waals surface area contributed by atoms with Gasteiger partial charge in [-0.3, -0.25) is 9.69 Å². The van der Waals surface area contributed by atoms with Crippen molar-refractivity contribution in [2.24, 2.45) is 0 Å². The lowest BCUT2D eigenvalue weighted by molar-refractivity contribution is -0.119. The Morgan fingerprint density at radius 1 is 1.24 bits per heavy atom. The molecule has 0 unspecified atom stereocenters. The predicted octanol–water partition coefficient (Wildman–Crippen LogP) is 2.90. The van der Waals surface area contributed by atoms with E-state index in [1.54, 1.807) is 0 Å². The second-order valence-electron chi connectivity index (χ2n) is 5.63. The number of piperidine rings is 1. The van der Waals surface area contributed by atoms with Crippen molar-refractivity contribution in [1.82, 2.24) is 4.98 Å². The van der Waals surface area contributed by atoms with Crippen LogP contribution in [0.2, 0.25) is 0 Å². The van der Waals surface area contributed by atoms with Crippen LogP contribution in [0.5, 0.6) is 0 Å². The molecule has 3 nitrogen and oxygen atoms in total. The summed E-state index contributed by atoms with van der Waals surface area (Å²) in [4.78, 5) is 18.3. The number of hydrogen-bond donors (Lipinski definition) is 0. The Kier molecular flexibility index (Phi) is 3.18. The van der Waals surface area contributed by atoms with E-state index in [-0.39, 0.29) is 11.3 Å². The molecule has 1 aliphatic heterocycles. The number of carbonyl (C=O) groups excluding carboxylic acids is 1. The van der Waals surface area contributed by atoms with Crippen LogP contribution < -0.4 is 4.90 Å². The molecular weight excluding hydrogens is 212 g/mol. The van der Waals surface area contributed by atoms with Crippen molar-refractivity contribution in [3.05, 3.63) is 23.9 Å². The van der Waals surface area contributed by atoms with Gasteiger partial charge in [0, 0.05) is 24.1 Å². The highest BCUT2D eigenvalue weighted by Gasteiger charge is 2.22. The molecule has 92 valence electrons. The lowest BCUT2D eigenvalue weighted by Crippen LogP contribution is -2.36. The van der Waals surface area contributed by atoms with Gasteiger partial charge in [-0.1, -0.05) is 26.8 Å². The Balaban J connectivity index is 2.29. The quantitative estimate of drug-likeness (QED) is 0.746. The van der Waals surface area contributed by atoms with Crippen LogP contribution in [0.3, 0.4) is 0 Å². The van der Waals surface area contributed by atoms with Crippen LogP contribution in [-0.2, 0) is 10.2 Å². The molecule has 2 heterocycles. The average molecular weight is 232 g/mol. The monoisotopic (exact) mass is 232 g/mol. The molecule has 1 aliphatic rings. The second kappa shape index (κ2) is 4.47. The zero-order chi connectivity index (χ0) is 12.5. The largest absolute Gasteiger partial charge is 0.297 e. The summed E-state index contributed by atoms with van der Waals surface area (Å²) in [5.41, 5.74) is 1.06. The van der Waals surface area contributed by atoms with Gasteiger partial charge in [0.2, 0.25) is 5.91 Å². The summed E-state index contributed by atoms with van der Waals surface area (Å²) in [6.07, 6.45) is 2.74. The van der Waals surface area contributed by atoms with E-state index in [2.05, 4.69) is 25.8 Å². The van der Waals surface area contributed by atoms with E-state index in [1.165, 1.54) is 0 Å². The van der Waals surface area contributed by atoms with Crippen LogP contribution in [0.15, 0.2) is 18.2 Å². The zero-order valence-electron chi connectivity index (χ0n) is 10.9. The minimum absolute atomic E-state index is 0.0227. The van der Waals surface area contributed by atoms with Crippen molar-refractivity contribution < 1.29 is 4.79 Å². The average Bonchev–Trinajstić information content (AvgIpc) is 2.29. The molecule has 0 N–H and O–H groups in total. The van der Waals surface area contributed by atoms with Gasteiger partial charge in [-0.15, -0.1) is 0 Å². The number of amides is 1. The Morgan fingerprint density at radius 2 is 2.00 bits per heavy atom. The fourth-order valence-electron chi connectivity index (χ4n) is 2.04. The molecule has 0 radical (unpaired) electrons. The highest BCUT2D eigenvalue weighted by atomic mass is 16.2. The fraction of sp³-hybridized carbons (Fsp3) is 0.571. The molecule has 1 aromatic rings. The Bertz CT molecular complexity index is 420. The summed E-state index contributed by atoms with van der Waals surface area (Å²) in [5.74, 6) is 1.01. The van der Waals surface area contributed by atoms with Crippen LogP contribution in [0.4, 0.5) is 5.82 Å². The molecular formula is C14H20N2O. The van der Waals surface area contributed by atoms with Gasteiger partial charge < -0.3 is 0 Å². The van der Waals surface area contributed by atoms with Crippen molar-refractivity contribution >= 4 is 11.7 Å². The first-order valence-electron chi connectivity index (χ1n) is 6.26. The second-order valence-corrected chi connectivity index (χ2v) is 5.63. The van der Waals surface area contributed by atoms with Gasteiger partial charge in [0.15, 0.2) is 0 Å². The molecule has 0 aromatic carbocycles. The number of rotatable bonds is 1. The Hall–Kier alpha value is -1.38. The molecule has 2 rings (SSSR count). The minimum atomic E-state index is 0.0227. The molecule has 0 saturated carbocycles. The third-order valence-corrected chi connectivity index (χ3v) is 3.10. The lowest BCUT2D eigenvalue weighted by Gasteiger charge is -2.27. The minimum Gasteiger partial charge on any atom is -0.297 e. The van der Waals surface area contributed by atoms with E-state index >= 15 is 0 Å². The van der Waals surface area contributed by atoms with E-state index < -0.39 is 0 Å².